The van der Waals surface area contributed by atoms with E-state index in [9.17, 15) is 4.79 Å². The average Bonchev–Trinajstić information content (AvgIpc) is 3.27. The molecule has 134 valence electrons. The van der Waals surface area contributed by atoms with E-state index in [4.69, 9.17) is 4.74 Å². The molecule has 4 rings (SSSR count). The standard InChI is InChI=1S/C20H20N2O2S2/c1-13-12-25-18(22-13)8-4-5-9-21-20(23)17-10-14-11-24-16-7-3-2-6-15(16)19(14)26-17/h2-3,6-7,10,12H,4-5,8-9,11H2,1H3,(H,21,23). The Morgan fingerprint density at radius 3 is 3.04 bits per heavy atom. The van der Waals surface area contributed by atoms with Gasteiger partial charge in [0.2, 0.25) is 0 Å². The highest BCUT2D eigenvalue weighted by molar-refractivity contribution is 7.17. The van der Waals surface area contributed by atoms with E-state index in [1.165, 1.54) is 5.01 Å². The molecule has 0 radical (unpaired) electrons. The van der Waals surface area contributed by atoms with Gasteiger partial charge in [-0.15, -0.1) is 22.7 Å². The van der Waals surface area contributed by atoms with Gasteiger partial charge in [-0.2, -0.15) is 0 Å². The van der Waals surface area contributed by atoms with Gasteiger partial charge >= 0.3 is 0 Å². The number of amides is 1. The molecule has 1 amide bonds. The summed E-state index contributed by atoms with van der Waals surface area (Å²) >= 11 is 3.26. The normalized spacial score (nSPS) is 12.2. The van der Waals surface area contributed by atoms with E-state index in [1.807, 2.05) is 37.3 Å². The Morgan fingerprint density at radius 1 is 1.31 bits per heavy atom. The van der Waals surface area contributed by atoms with Gasteiger partial charge in [-0.05, 0) is 44.4 Å². The van der Waals surface area contributed by atoms with Crippen LogP contribution in [0.25, 0.3) is 10.4 Å². The maximum absolute atomic E-state index is 12.5. The number of fused-ring (bicyclic) bond motifs is 3. The van der Waals surface area contributed by atoms with Crippen molar-refractivity contribution in [3.05, 3.63) is 56.9 Å². The first-order valence-corrected chi connectivity index (χ1v) is 10.4. The van der Waals surface area contributed by atoms with Crippen LogP contribution in [0, 0.1) is 6.92 Å². The molecule has 0 atom stereocenters. The van der Waals surface area contributed by atoms with Crippen LogP contribution in [0.5, 0.6) is 5.75 Å². The van der Waals surface area contributed by atoms with Crippen LogP contribution in [0.1, 0.15) is 38.8 Å². The van der Waals surface area contributed by atoms with E-state index in [0.717, 1.165) is 51.6 Å². The zero-order valence-electron chi connectivity index (χ0n) is 14.6. The third-order valence-corrected chi connectivity index (χ3v) is 6.55. The maximum atomic E-state index is 12.5. The number of nitrogens with zero attached hydrogens (tertiary/aromatic N) is 1. The summed E-state index contributed by atoms with van der Waals surface area (Å²) in [5.74, 6) is 0.901. The molecule has 0 aliphatic carbocycles. The molecule has 0 spiro atoms. The monoisotopic (exact) mass is 384 g/mol. The number of aryl methyl sites for hydroxylation is 2. The number of thiazole rings is 1. The van der Waals surface area contributed by atoms with E-state index in [1.54, 1.807) is 22.7 Å². The zero-order chi connectivity index (χ0) is 17.9. The van der Waals surface area contributed by atoms with Gasteiger partial charge in [-0.25, -0.2) is 4.98 Å². The molecule has 3 aromatic rings. The van der Waals surface area contributed by atoms with Gasteiger partial charge in [0.1, 0.15) is 12.4 Å². The highest BCUT2D eigenvalue weighted by Gasteiger charge is 2.22. The third kappa shape index (κ3) is 3.66. The van der Waals surface area contributed by atoms with Gasteiger partial charge < -0.3 is 10.1 Å². The van der Waals surface area contributed by atoms with E-state index >= 15 is 0 Å². The lowest BCUT2D eigenvalue weighted by atomic mass is 10.1. The van der Waals surface area contributed by atoms with Crippen LogP contribution >= 0.6 is 22.7 Å². The fourth-order valence-electron chi connectivity index (χ4n) is 3.02. The Bertz CT molecular complexity index is 930. The Balaban J connectivity index is 1.31. The highest BCUT2D eigenvalue weighted by Crippen LogP contribution is 2.42. The second-order valence-corrected chi connectivity index (χ2v) is 8.34. The molecule has 26 heavy (non-hydrogen) atoms. The minimum Gasteiger partial charge on any atom is -0.488 e. The Labute approximate surface area is 160 Å². The van der Waals surface area contributed by atoms with E-state index in [-0.39, 0.29) is 5.91 Å². The van der Waals surface area contributed by atoms with E-state index in [0.29, 0.717) is 13.2 Å². The first-order valence-electron chi connectivity index (χ1n) is 8.75. The number of para-hydroxylation sites is 1. The summed E-state index contributed by atoms with van der Waals surface area (Å²) in [5, 5.41) is 6.30. The Hall–Kier alpha value is -2.18. The molecule has 2 aromatic heterocycles. The van der Waals surface area contributed by atoms with Crippen molar-refractivity contribution in [3.8, 4) is 16.2 Å². The van der Waals surface area contributed by atoms with Crippen molar-refractivity contribution >= 4 is 28.6 Å². The summed E-state index contributed by atoms with van der Waals surface area (Å²) in [4.78, 5) is 18.8. The van der Waals surface area contributed by atoms with Crippen LogP contribution in [-0.2, 0) is 13.0 Å². The number of aromatic nitrogens is 1. The summed E-state index contributed by atoms with van der Waals surface area (Å²) < 4.78 is 5.77. The molecule has 1 aromatic carbocycles. The van der Waals surface area contributed by atoms with Crippen molar-refractivity contribution in [3.63, 3.8) is 0 Å². The van der Waals surface area contributed by atoms with Crippen molar-refractivity contribution in [2.24, 2.45) is 0 Å². The lowest BCUT2D eigenvalue weighted by Gasteiger charge is -2.16. The summed E-state index contributed by atoms with van der Waals surface area (Å²) in [6, 6.07) is 9.95. The van der Waals surface area contributed by atoms with Crippen LogP contribution in [0.2, 0.25) is 0 Å². The first-order chi connectivity index (χ1) is 12.7. The number of hydrogen-bond donors (Lipinski definition) is 1. The second-order valence-electron chi connectivity index (χ2n) is 6.35. The molecule has 3 heterocycles. The van der Waals surface area contributed by atoms with Gasteiger partial charge in [-0.1, -0.05) is 12.1 Å². The number of thiophene rings is 1. The van der Waals surface area contributed by atoms with Crippen molar-refractivity contribution in [1.29, 1.82) is 0 Å². The molecule has 4 nitrogen and oxygen atoms in total. The lowest BCUT2D eigenvalue weighted by Crippen LogP contribution is -2.23. The molecule has 0 fully saturated rings. The number of nitrogens with one attached hydrogen (secondary N) is 1. The number of ether oxygens (including phenoxy) is 1. The molecule has 0 saturated carbocycles. The number of unbranched alkanes of at least 4 members (excludes halogenated alkanes) is 1. The van der Waals surface area contributed by atoms with E-state index in [2.05, 4.69) is 15.7 Å². The van der Waals surface area contributed by atoms with Gasteiger partial charge in [0.05, 0.1) is 9.88 Å². The summed E-state index contributed by atoms with van der Waals surface area (Å²) in [6.07, 6.45) is 2.98. The topological polar surface area (TPSA) is 51.2 Å². The molecule has 0 unspecified atom stereocenters. The van der Waals surface area contributed by atoms with Crippen LogP contribution in [0.3, 0.4) is 0 Å². The zero-order valence-corrected chi connectivity index (χ0v) is 16.2. The quantitative estimate of drug-likeness (QED) is 0.620. The van der Waals surface area contributed by atoms with Gasteiger partial charge in [0.25, 0.3) is 5.91 Å². The van der Waals surface area contributed by atoms with Crippen molar-refractivity contribution < 1.29 is 9.53 Å². The van der Waals surface area contributed by atoms with Crippen molar-refractivity contribution in [2.75, 3.05) is 6.54 Å². The molecule has 0 saturated heterocycles. The molecule has 6 heteroatoms. The summed E-state index contributed by atoms with van der Waals surface area (Å²) in [6.45, 7) is 3.24. The van der Waals surface area contributed by atoms with Gasteiger partial charge in [0.15, 0.2) is 0 Å². The van der Waals surface area contributed by atoms with Crippen LogP contribution in [-0.4, -0.2) is 17.4 Å². The molecule has 1 aliphatic heterocycles. The minimum absolute atomic E-state index is 0.00646. The molecule has 1 aliphatic rings. The summed E-state index contributed by atoms with van der Waals surface area (Å²) in [5.41, 5.74) is 3.26. The van der Waals surface area contributed by atoms with Crippen LogP contribution in [0.4, 0.5) is 0 Å². The molecular formula is C20H20N2O2S2. The van der Waals surface area contributed by atoms with Gasteiger partial charge in [-0.3, -0.25) is 4.79 Å². The van der Waals surface area contributed by atoms with Crippen molar-refractivity contribution in [1.82, 2.24) is 10.3 Å². The predicted molar refractivity (Wildman–Crippen MR) is 106 cm³/mol. The van der Waals surface area contributed by atoms with Crippen LogP contribution in [0.15, 0.2) is 35.7 Å². The Kier molecular flexibility index (Phi) is 5.04. The third-order valence-electron chi connectivity index (χ3n) is 4.32. The fraction of sp³-hybridized carbons (Fsp3) is 0.300. The molecule has 0 bridgehead atoms. The number of rotatable bonds is 6. The smallest absolute Gasteiger partial charge is 0.261 e. The minimum atomic E-state index is 0.00646. The lowest BCUT2D eigenvalue weighted by molar-refractivity contribution is 0.0957. The fourth-order valence-corrected chi connectivity index (χ4v) is 4.95. The second kappa shape index (κ2) is 7.60. The molecular weight excluding hydrogens is 364 g/mol. The SMILES string of the molecule is Cc1csc(CCCCNC(=O)c2cc3c(s2)-c2ccccc2OC3)n1. The number of carbonyl (C=O) groups excluding carboxylic acids is 1. The molecule has 1 N–H and O–H groups in total. The number of benzene rings is 1. The van der Waals surface area contributed by atoms with Crippen molar-refractivity contribution in [2.45, 2.75) is 32.8 Å². The average molecular weight is 385 g/mol. The van der Waals surface area contributed by atoms with Gasteiger partial charge in [0, 0.05) is 33.6 Å². The predicted octanol–water partition coefficient (Wildman–Crippen LogP) is 4.83. The van der Waals surface area contributed by atoms with E-state index < -0.39 is 0 Å². The maximum Gasteiger partial charge on any atom is 0.261 e. The van der Waals surface area contributed by atoms with Crippen LogP contribution < -0.4 is 10.1 Å². The Morgan fingerprint density at radius 2 is 2.19 bits per heavy atom. The highest BCUT2D eigenvalue weighted by atomic mass is 32.1. The number of hydrogen-bond acceptors (Lipinski definition) is 5. The largest absolute Gasteiger partial charge is 0.488 e. The summed E-state index contributed by atoms with van der Waals surface area (Å²) in [7, 11) is 0. The number of carbonyl (C=O) groups is 1. The first kappa shape index (κ1) is 17.2.